The molecule has 5 nitrogen and oxygen atoms in total. The van der Waals surface area contributed by atoms with Crippen molar-refractivity contribution in [2.24, 2.45) is 0 Å². The van der Waals surface area contributed by atoms with Crippen LogP contribution in [0.5, 0.6) is 5.75 Å². The first-order valence-corrected chi connectivity index (χ1v) is 7.71. The molecule has 0 saturated heterocycles. The molecule has 0 unspecified atom stereocenters. The number of amides is 1. The number of rotatable bonds is 4. The van der Waals surface area contributed by atoms with Gasteiger partial charge in [0.25, 0.3) is 9.05 Å². The fourth-order valence-corrected chi connectivity index (χ4v) is 2.62. The molecule has 21 heavy (non-hydrogen) atoms. The molecule has 0 heterocycles. The SMILES string of the molecule is COc1ccc(CN(C)C(=O)C(F)(F)F)cc1S(=O)(=O)Cl. The van der Waals surface area contributed by atoms with E-state index in [4.69, 9.17) is 15.4 Å². The fraction of sp³-hybridized carbons (Fsp3) is 0.364. The molecule has 0 spiro atoms. The highest BCUT2D eigenvalue weighted by atomic mass is 35.7. The Morgan fingerprint density at radius 2 is 1.95 bits per heavy atom. The van der Waals surface area contributed by atoms with Crippen LogP contribution in [0.25, 0.3) is 0 Å². The molecule has 1 rings (SSSR count). The number of carbonyl (C=O) groups excluding carboxylic acids is 1. The number of hydrogen-bond acceptors (Lipinski definition) is 4. The highest BCUT2D eigenvalue weighted by Gasteiger charge is 2.41. The molecule has 0 bridgehead atoms. The maximum Gasteiger partial charge on any atom is 0.471 e. The van der Waals surface area contributed by atoms with Crippen molar-refractivity contribution >= 4 is 25.6 Å². The molecule has 0 fully saturated rings. The zero-order valence-corrected chi connectivity index (χ0v) is 12.5. The molecule has 0 radical (unpaired) electrons. The van der Waals surface area contributed by atoms with E-state index in [0.717, 1.165) is 13.1 Å². The number of benzene rings is 1. The van der Waals surface area contributed by atoms with E-state index in [0.29, 0.717) is 4.90 Å². The Kier molecular flexibility index (Phi) is 5.11. The molecule has 0 N–H and O–H groups in total. The fourth-order valence-electron chi connectivity index (χ4n) is 1.57. The van der Waals surface area contributed by atoms with Gasteiger partial charge in [-0.05, 0) is 17.7 Å². The predicted molar refractivity (Wildman–Crippen MR) is 68.6 cm³/mol. The lowest BCUT2D eigenvalue weighted by molar-refractivity contribution is -0.184. The van der Waals surface area contributed by atoms with E-state index < -0.39 is 27.7 Å². The van der Waals surface area contributed by atoms with Gasteiger partial charge in [-0.15, -0.1) is 0 Å². The molecule has 0 aliphatic carbocycles. The van der Waals surface area contributed by atoms with Crippen LogP contribution in [0.3, 0.4) is 0 Å². The lowest BCUT2D eigenvalue weighted by Crippen LogP contribution is -2.37. The summed E-state index contributed by atoms with van der Waals surface area (Å²) in [5.41, 5.74) is 0.162. The Balaban J connectivity index is 3.09. The van der Waals surface area contributed by atoms with E-state index in [9.17, 15) is 26.4 Å². The number of nitrogens with zero attached hydrogens (tertiary/aromatic N) is 1. The van der Waals surface area contributed by atoms with Gasteiger partial charge in [-0.1, -0.05) is 6.07 Å². The van der Waals surface area contributed by atoms with Gasteiger partial charge in [0.1, 0.15) is 10.6 Å². The summed E-state index contributed by atoms with van der Waals surface area (Å²) in [5.74, 6) is -2.08. The zero-order chi connectivity index (χ0) is 16.4. The monoisotopic (exact) mass is 345 g/mol. The summed E-state index contributed by atoms with van der Waals surface area (Å²) >= 11 is 0. The standard InChI is InChI=1S/C11H11ClF3NO4S/c1-16(10(17)11(13,14)15)6-7-3-4-8(20-2)9(5-7)21(12,18)19/h3-5H,6H2,1-2H3. The van der Waals surface area contributed by atoms with Crippen LogP contribution in [0.1, 0.15) is 5.56 Å². The third-order valence-electron chi connectivity index (χ3n) is 2.50. The molecule has 0 aliphatic rings. The average molecular weight is 346 g/mol. The van der Waals surface area contributed by atoms with Crippen molar-refractivity contribution in [3.05, 3.63) is 23.8 Å². The molecule has 1 aromatic rings. The highest BCUT2D eigenvalue weighted by Crippen LogP contribution is 2.28. The van der Waals surface area contributed by atoms with Gasteiger partial charge in [0, 0.05) is 24.3 Å². The summed E-state index contributed by atoms with van der Waals surface area (Å²) in [5, 5.41) is 0. The quantitative estimate of drug-likeness (QED) is 0.784. The number of ether oxygens (including phenoxy) is 1. The first kappa shape index (κ1) is 17.6. The maximum atomic E-state index is 12.3. The van der Waals surface area contributed by atoms with Gasteiger partial charge < -0.3 is 9.64 Å². The average Bonchev–Trinajstić information content (AvgIpc) is 2.35. The number of carbonyl (C=O) groups is 1. The minimum absolute atomic E-state index is 0.0430. The van der Waals surface area contributed by atoms with E-state index >= 15 is 0 Å². The van der Waals surface area contributed by atoms with Crippen molar-refractivity contribution < 1.29 is 31.1 Å². The maximum absolute atomic E-state index is 12.3. The second kappa shape index (κ2) is 6.10. The van der Waals surface area contributed by atoms with Gasteiger partial charge >= 0.3 is 12.1 Å². The molecule has 0 aliphatic heterocycles. The third-order valence-corrected chi connectivity index (χ3v) is 3.84. The minimum atomic E-state index is -5.00. The van der Waals surface area contributed by atoms with Crippen molar-refractivity contribution in [3.8, 4) is 5.75 Å². The first-order valence-electron chi connectivity index (χ1n) is 5.40. The predicted octanol–water partition coefficient (Wildman–Crippen LogP) is 2.14. The number of alkyl halides is 3. The lowest BCUT2D eigenvalue weighted by Gasteiger charge is -2.19. The van der Waals surface area contributed by atoms with Gasteiger partial charge in [-0.2, -0.15) is 13.2 Å². The van der Waals surface area contributed by atoms with Crippen molar-refractivity contribution in [2.45, 2.75) is 17.6 Å². The van der Waals surface area contributed by atoms with E-state index in [1.165, 1.54) is 19.2 Å². The molecular weight excluding hydrogens is 335 g/mol. The summed E-state index contributed by atoms with van der Waals surface area (Å²) < 4.78 is 64.3. The van der Waals surface area contributed by atoms with Gasteiger partial charge in [0.05, 0.1) is 7.11 Å². The Morgan fingerprint density at radius 3 is 2.38 bits per heavy atom. The van der Waals surface area contributed by atoms with E-state index in [2.05, 4.69) is 0 Å². The van der Waals surface area contributed by atoms with Crippen molar-refractivity contribution in [3.63, 3.8) is 0 Å². The minimum Gasteiger partial charge on any atom is -0.495 e. The molecule has 118 valence electrons. The topological polar surface area (TPSA) is 63.7 Å². The molecular formula is C11H11ClF3NO4S. The highest BCUT2D eigenvalue weighted by molar-refractivity contribution is 8.13. The first-order chi connectivity index (χ1) is 9.46. The lowest BCUT2D eigenvalue weighted by atomic mass is 10.2. The Labute approximate surface area is 123 Å². The second-order valence-electron chi connectivity index (χ2n) is 4.08. The van der Waals surface area contributed by atoms with Crippen LogP contribution in [-0.2, 0) is 20.4 Å². The van der Waals surface area contributed by atoms with Gasteiger partial charge in [0.2, 0.25) is 0 Å². The van der Waals surface area contributed by atoms with Crippen LogP contribution in [0.15, 0.2) is 23.1 Å². The summed E-state index contributed by atoms with van der Waals surface area (Å²) in [6.45, 7) is -0.429. The zero-order valence-electron chi connectivity index (χ0n) is 10.9. The van der Waals surface area contributed by atoms with Crippen LogP contribution in [-0.4, -0.2) is 39.6 Å². The Morgan fingerprint density at radius 1 is 1.38 bits per heavy atom. The van der Waals surface area contributed by atoms with Crippen LogP contribution in [0.4, 0.5) is 13.2 Å². The van der Waals surface area contributed by atoms with Crippen LogP contribution < -0.4 is 4.74 Å². The van der Waals surface area contributed by atoms with Crippen LogP contribution in [0, 0.1) is 0 Å². The molecule has 1 aromatic carbocycles. The molecule has 1 amide bonds. The third kappa shape index (κ3) is 4.50. The van der Waals surface area contributed by atoms with Crippen molar-refractivity contribution in [1.29, 1.82) is 0 Å². The van der Waals surface area contributed by atoms with E-state index in [-0.39, 0.29) is 16.2 Å². The summed E-state index contributed by atoms with van der Waals surface area (Å²) in [6, 6.07) is 3.64. The smallest absolute Gasteiger partial charge is 0.471 e. The molecule has 0 saturated carbocycles. The summed E-state index contributed by atoms with van der Waals surface area (Å²) in [7, 11) is 3.26. The van der Waals surface area contributed by atoms with E-state index in [1.54, 1.807) is 0 Å². The van der Waals surface area contributed by atoms with Crippen molar-refractivity contribution in [1.82, 2.24) is 4.90 Å². The van der Waals surface area contributed by atoms with Crippen LogP contribution in [0.2, 0.25) is 0 Å². The second-order valence-corrected chi connectivity index (χ2v) is 6.62. The number of methoxy groups -OCH3 is 1. The van der Waals surface area contributed by atoms with Gasteiger partial charge in [-0.25, -0.2) is 8.42 Å². The summed E-state index contributed by atoms with van der Waals surface area (Å²) in [6.07, 6.45) is -5.00. The Hall–Kier alpha value is -1.48. The molecule has 0 aromatic heterocycles. The largest absolute Gasteiger partial charge is 0.495 e. The molecule has 0 atom stereocenters. The van der Waals surface area contributed by atoms with E-state index in [1.807, 2.05) is 0 Å². The number of hydrogen-bond donors (Lipinski definition) is 0. The van der Waals surface area contributed by atoms with Gasteiger partial charge in [-0.3, -0.25) is 4.79 Å². The normalized spacial score (nSPS) is 12.1. The van der Waals surface area contributed by atoms with Crippen LogP contribution >= 0.6 is 10.7 Å². The molecule has 10 heteroatoms. The summed E-state index contributed by atoms with van der Waals surface area (Å²) in [4.78, 5) is 11.1. The van der Waals surface area contributed by atoms with Crippen molar-refractivity contribution in [2.75, 3.05) is 14.2 Å². The van der Waals surface area contributed by atoms with Gasteiger partial charge in [0.15, 0.2) is 0 Å². The number of halogens is 4. The Bertz CT molecular complexity index is 645.